The topological polar surface area (TPSA) is 58.0 Å². The number of fused-ring (bicyclic) bond motifs is 2. The summed E-state index contributed by atoms with van der Waals surface area (Å²) in [5.41, 5.74) is 8.53. The van der Waals surface area contributed by atoms with Gasteiger partial charge in [-0.1, -0.05) is 25.1 Å². The zero-order chi connectivity index (χ0) is 19.3. The Morgan fingerprint density at radius 3 is 2.71 bits per heavy atom. The molecule has 5 heteroatoms. The number of aromatic amines is 1. The van der Waals surface area contributed by atoms with Crippen molar-refractivity contribution in [2.24, 2.45) is 0 Å². The van der Waals surface area contributed by atoms with E-state index in [1.807, 2.05) is 17.6 Å². The number of pyridine rings is 1. The first-order chi connectivity index (χ1) is 13.6. The average molecular weight is 374 g/mol. The van der Waals surface area contributed by atoms with Gasteiger partial charge in [-0.15, -0.1) is 5.10 Å². The molecule has 28 heavy (non-hydrogen) atoms. The number of H-pyrrole nitrogens is 1. The molecule has 4 heterocycles. The van der Waals surface area contributed by atoms with Crippen molar-refractivity contribution in [2.45, 2.75) is 45.4 Å². The Morgan fingerprint density at radius 1 is 1.11 bits per heavy atom. The lowest BCUT2D eigenvalue weighted by atomic mass is 9.88. The van der Waals surface area contributed by atoms with Gasteiger partial charge in [-0.2, -0.15) is 0 Å². The monoisotopic (exact) mass is 373 g/mol. The summed E-state index contributed by atoms with van der Waals surface area (Å²) in [6.07, 6.45) is 4.45. The van der Waals surface area contributed by atoms with E-state index in [-0.39, 0.29) is 0 Å². The fourth-order valence-corrected chi connectivity index (χ4v) is 4.63. The number of aryl methyl sites for hydroxylation is 1. The van der Waals surface area contributed by atoms with E-state index in [1.165, 1.54) is 46.1 Å². The van der Waals surface area contributed by atoms with Crippen LogP contribution in [0.1, 0.15) is 55.3 Å². The summed E-state index contributed by atoms with van der Waals surface area (Å²) in [5.74, 6) is 1.10. The SMILES string of the molecule is Cc1nnn2ccc(-c3[nH]c4ccc(C5CCNCC5)cc4c3C(C)C)cc12. The van der Waals surface area contributed by atoms with Crippen molar-refractivity contribution in [3.8, 4) is 11.3 Å². The maximum atomic E-state index is 4.19. The van der Waals surface area contributed by atoms with Crippen LogP contribution in [0.15, 0.2) is 36.5 Å². The lowest BCUT2D eigenvalue weighted by Crippen LogP contribution is -2.26. The number of hydrogen-bond donors (Lipinski definition) is 2. The summed E-state index contributed by atoms with van der Waals surface area (Å²) in [7, 11) is 0. The van der Waals surface area contributed by atoms with Crippen LogP contribution in [-0.2, 0) is 0 Å². The van der Waals surface area contributed by atoms with E-state index >= 15 is 0 Å². The van der Waals surface area contributed by atoms with Crippen LogP contribution in [-0.4, -0.2) is 32.9 Å². The summed E-state index contributed by atoms with van der Waals surface area (Å²) in [6, 6.07) is 11.3. The minimum atomic E-state index is 0.437. The predicted octanol–water partition coefficient (Wildman–Crippen LogP) is 4.78. The standard InChI is InChI=1S/C23H27N5/c1-14(2)22-19-12-17(16-6-9-24-10-7-16)4-5-20(19)25-23(22)18-8-11-28-21(13-18)15(3)26-27-28/h4-5,8,11-14,16,24-25H,6-7,9-10H2,1-3H3. The van der Waals surface area contributed by atoms with Crippen LogP contribution in [0, 0.1) is 6.92 Å². The van der Waals surface area contributed by atoms with Crippen LogP contribution in [0.4, 0.5) is 0 Å². The average Bonchev–Trinajstić information content (AvgIpc) is 3.28. The molecule has 0 atom stereocenters. The molecular weight excluding hydrogens is 346 g/mol. The maximum absolute atomic E-state index is 4.19. The molecule has 1 fully saturated rings. The molecule has 4 aromatic rings. The zero-order valence-corrected chi connectivity index (χ0v) is 16.8. The predicted molar refractivity (Wildman–Crippen MR) is 114 cm³/mol. The zero-order valence-electron chi connectivity index (χ0n) is 16.8. The van der Waals surface area contributed by atoms with Gasteiger partial charge in [-0.3, -0.25) is 0 Å². The number of nitrogens with one attached hydrogen (secondary N) is 2. The molecule has 0 saturated carbocycles. The summed E-state index contributed by atoms with van der Waals surface area (Å²) >= 11 is 0. The van der Waals surface area contributed by atoms with Crippen molar-refractivity contribution in [1.29, 1.82) is 0 Å². The second-order valence-electron chi connectivity index (χ2n) is 8.32. The Labute approximate surface area is 165 Å². The maximum Gasteiger partial charge on any atom is 0.0900 e. The van der Waals surface area contributed by atoms with Gasteiger partial charge >= 0.3 is 0 Å². The van der Waals surface area contributed by atoms with E-state index in [4.69, 9.17) is 0 Å². The molecule has 0 amide bonds. The summed E-state index contributed by atoms with van der Waals surface area (Å²) in [4.78, 5) is 3.71. The normalized spacial score (nSPS) is 15.9. The second kappa shape index (κ2) is 6.74. The Morgan fingerprint density at radius 2 is 1.93 bits per heavy atom. The number of benzene rings is 1. The van der Waals surface area contributed by atoms with Crippen molar-refractivity contribution in [1.82, 2.24) is 25.1 Å². The third-order valence-electron chi connectivity index (χ3n) is 6.14. The fourth-order valence-electron chi connectivity index (χ4n) is 4.63. The molecule has 144 valence electrons. The third-order valence-corrected chi connectivity index (χ3v) is 6.14. The highest BCUT2D eigenvalue weighted by Crippen LogP contribution is 2.38. The van der Waals surface area contributed by atoms with Gasteiger partial charge in [0, 0.05) is 22.7 Å². The molecule has 1 aliphatic rings. The summed E-state index contributed by atoms with van der Waals surface area (Å²) in [5, 5.41) is 13.2. The molecule has 1 saturated heterocycles. The van der Waals surface area contributed by atoms with E-state index in [2.05, 4.69) is 64.8 Å². The Bertz CT molecular complexity index is 1140. The van der Waals surface area contributed by atoms with Crippen LogP contribution >= 0.6 is 0 Å². The lowest BCUT2D eigenvalue weighted by Gasteiger charge is -2.23. The van der Waals surface area contributed by atoms with Gasteiger partial charge in [0.05, 0.1) is 16.9 Å². The van der Waals surface area contributed by atoms with E-state index in [1.54, 1.807) is 0 Å². The number of nitrogens with zero attached hydrogens (tertiary/aromatic N) is 3. The molecular formula is C23H27N5. The molecule has 0 spiro atoms. The van der Waals surface area contributed by atoms with Gasteiger partial charge in [0.1, 0.15) is 0 Å². The summed E-state index contributed by atoms with van der Waals surface area (Å²) in [6.45, 7) is 8.82. The van der Waals surface area contributed by atoms with Crippen molar-refractivity contribution in [2.75, 3.05) is 13.1 Å². The lowest BCUT2D eigenvalue weighted by molar-refractivity contribution is 0.460. The van der Waals surface area contributed by atoms with Gasteiger partial charge < -0.3 is 10.3 Å². The van der Waals surface area contributed by atoms with Gasteiger partial charge in [-0.25, -0.2) is 4.52 Å². The minimum Gasteiger partial charge on any atom is -0.354 e. The highest BCUT2D eigenvalue weighted by atomic mass is 15.4. The quantitative estimate of drug-likeness (QED) is 0.543. The van der Waals surface area contributed by atoms with Crippen molar-refractivity contribution < 1.29 is 0 Å². The molecule has 1 aliphatic heterocycles. The first-order valence-corrected chi connectivity index (χ1v) is 10.3. The first kappa shape index (κ1) is 17.4. The van der Waals surface area contributed by atoms with Crippen LogP contribution in [0.25, 0.3) is 27.7 Å². The van der Waals surface area contributed by atoms with Gasteiger partial charge in [0.25, 0.3) is 0 Å². The Balaban J connectivity index is 1.67. The highest BCUT2D eigenvalue weighted by molar-refractivity contribution is 5.92. The second-order valence-corrected chi connectivity index (χ2v) is 8.32. The first-order valence-electron chi connectivity index (χ1n) is 10.3. The highest BCUT2D eigenvalue weighted by Gasteiger charge is 2.20. The third kappa shape index (κ3) is 2.81. The molecule has 0 radical (unpaired) electrons. The molecule has 5 rings (SSSR count). The van der Waals surface area contributed by atoms with E-state index in [0.717, 1.165) is 24.3 Å². The Hall–Kier alpha value is -2.66. The minimum absolute atomic E-state index is 0.437. The smallest absolute Gasteiger partial charge is 0.0900 e. The van der Waals surface area contributed by atoms with Crippen molar-refractivity contribution >= 4 is 16.4 Å². The van der Waals surface area contributed by atoms with E-state index in [0.29, 0.717) is 11.8 Å². The van der Waals surface area contributed by atoms with Gasteiger partial charge in [0.2, 0.25) is 0 Å². The van der Waals surface area contributed by atoms with Crippen molar-refractivity contribution in [3.05, 3.63) is 53.3 Å². The molecule has 0 bridgehead atoms. The number of rotatable bonds is 3. The molecule has 0 aliphatic carbocycles. The molecule has 1 aromatic carbocycles. The van der Waals surface area contributed by atoms with Gasteiger partial charge in [0.15, 0.2) is 0 Å². The molecule has 0 unspecified atom stereocenters. The van der Waals surface area contributed by atoms with Crippen LogP contribution in [0.5, 0.6) is 0 Å². The van der Waals surface area contributed by atoms with Crippen molar-refractivity contribution in [3.63, 3.8) is 0 Å². The van der Waals surface area contributed by atoms with Crippen LogP contribution in [0.3, 0.4) is 0 Å². The molecule has 3 aromatic heterocycles. The summed E-state index contributed by atoms with van der Waals surface area (Å²) < 4.78 is 1.84. The largest absolute Gasteiger partial charge is 0.354 e. The van der Waals surface area contributed by atoms with Crippen LogP contribution in [0.2, 0.25) is 0 Å². The van der Waals surface area contributed by atoms with E-state index in [9.17, 15) is 0 Å². The van der Waals surface area contributed by atoms with E-state index < -0.39 is 0 Å². The molecule has 5 nitrogen and oxygen atoms in total. The molecule has 2 N–H and O–H groups in total. The fraction of sp³-hybridized carbons (Fsp3) is 0.391. The van der Waals surface area contributed by atoms with Crippen LogP contribution < -0.4 is 5.32 Å². The van der Waals surface area contributed by atoms with Gasteiger partial charge in [-0.05, 0) is 80.1 Å². The number of aromatic nitrogens is 4. The Kier molecular flexibility index (Phi) is 4.20. The number of piperidine rings is 1. The number of hydrogen-bond acceptors (Lipinski definition) is 3.